The zero-order valence-electron chi connectivity index (χ0n) is 26.6. The molecule has 1 aliphatic carbocycles. The number of aliphatic hydroxyl groups is 4. The number of carbonyl (C=O) groups excluding carboxylic acids is 2. The van der Waals surface area contributed by atoms with Gasteiger partial charge in [-0.2, -0.15) is 0 Å². The van der Waals surface area contributed by atoms with E-state index in [-0.39, 0.29) is 47.8 Å². The second-order valence-corrected chi connectivity index (χ2v) is 13.4. The minimum atomic E-state index is -1.25. The monoisotopic (exact) mass is 593 g/mol. The molecule has 1 amide bonds. The Kier molecular flexibility index (Phi) is 12.9. The number of nitrogens with two attached hydrogens (primary N) is 1. The molecular formula is C33H55NO8. The molecule has 9 heteroatoms. The normalized spacial score (nSPS) is 37.0. The zero-order valence-corrected chi connectivity index (χ0v) is 26.6. The van der Waals surface area contributed by atoms with Crippen LogP contribution in [0, 0.1) is 53.3 Å². The molecule has 0 aromatic rings. The SMILES string of the molecule is C=C/C=C\[C@H](C)[C@H](OC(N)=O)[C@@H](C)[C@H](O)[C@H](C)C[C@](C)(O)[C@H]1[C@H](C)[C@@H](O)[C@@H](C)[C@@H]1/C=C/C[C@@H]1OC(=O)[C@H](C)[C@@H](O)[C@H]1C. The molecule has 0 aromatic heterocycles. The Morgan fingerprint density at radius 2 is 1.74 bits per heavy atom. The van der Waals surface area contributed by atoms with Crippen LogP contribution in [0.4, 0.5) is 4.79 Å². The van der Waals surface area contributed by atoms with Crippen molar-refractivity contribution in [3.05, 3.63) is 37.0 Å². The van der Waals surface area contributed by atoms with E-state index in [2.05, 4.69) is 6.58 Å². The first-order valence-corrected chi connectivity index (χ1v) is 15.3. The molecule has 0 radical (unpaired) electrons. The van der Waals surface area contributed by atoms with Gasteiger partial charge < -0.3 is 35.6 Å². The van der Waals surface area contributed by atoms with E-state index < -0.39 is 60.0 Å². The Bertz CT molecular complexity index is 979. The quantitative estimate of drug-likeness (QED) is 0.122. The van der Waals surface area contributed by atoms with Crippen molar-refractivity contribution in [2.45, 2.75) is 104 Å². The lowest BCUT2D eigenvalue weighted by Gasteiger charge is -2.41. The predicted octanol–water partition coefficient (Wildman–Crippen LogP) is 3.99. The molecule has 0 spiro atoms. The summed E-state index contributed by atoms with van der Waals surface area (Å²) in [5, 5.41) is 44.7. The second-order valence-electron chi connectivity index (χ2n) is 13.4. The van der Waals surface area contributed by atoms with E-state index in [1.54, 1.807) is 32.9 Å². The van der Waals surface area contributed by atoms with Gasteiger partial charge in [0.2, 0.25) is 0 Å². The van der Waals surface area contributed by atoms with Crippen LogP contribution in [-0.2, 0) is 14.3 Å². The van der Waals surface area contributed by atoms with E-state index in [0.29, 0.717) is 6.42 Å². The van der Waals surface area contributed by atoms with Gasteiger partial charge in [-0.15, -0.1) is 0 Å². The first kappa shape index (κ1) is 36.0. The summed E-state index contributed by atoms with van der Waals surface area (Å²) < 4.78 is 11.0. The predicted molar refractivity (Wildman–Crippen MR) is 162 cm³/mol. The van der Waals surface area contributed by atoms with Crippen LogP contribution in [0.25, 0.3) is 0 Å². The fraction of sp³-hybridized carbons (Fsp3) is 0.758. The van der Waals surface area contributed by atoms with Gasteiger partial charge in [0.15, 0.2) is 0 Å². The molecule has 0 unspecified atom stereocenters. The average molecular weight is 594 g/mol. The minimum absolute atomic E-state index is 0.130. The molecule has 240 valence electrons. The van der Waals surface area contributed by atoms with Crippen LogP contribution in [0.2, 0.25) is 0 Å². The summed E-state index contributed by atoms with van der Waals surface area (Å²) in [5.41, 5.74) is 4.09. The maximum absolute atomic E-state index is 12.2. The molecule has 15 atom stereocenters. The van der Waals surface area contributed by atoms with E-state index in [0.717, 1.165) is 0 Å². The Balaban J connectivity index is 2.21. The fourth-order valence-corrected chi connectivity index (χ4v) is 7.50. The number of amides is 1. The van der Waals surface area contributed by atoms with Crippen LogP contribution >= 0.6 is 0 Å². The third kappa shape index (κ3) is 8.24. The van der Waals surface area contributed by atoms with Gasteiger partial charge >= 0.3 is 12.1 Å². The number of aliphatic hydroxyl groups excluding tert-OH is 3. The number of primary amides is 1. The molecule has 2 fully saturated rings. The highest BCUT2D eigenvalue weighted by molar-refractivity contribution is 5.73. The first-order chi connectivity index (χ1) is 19.5. The van der Waals surface area contributed by atoms with Crippen LogP contribution in [0.5, 0.6) is 0 Å². The third-order valence-corrected chi connectivity index (χ3v) is 10.1. The molecular weight excluding hydrogens is 538 g/mol. The highest BCUT2D eigenvalue weighted by atomic mass is 16.6. The summed E-state index contributed by atoms with van der Waals surface area (Å²) in [7, 11) is 0. The Morgan fingerprint density at radius 1 is 1.12 bits per heavy atom. The van der Waals surface area contributed by atoms with Crippen LogP contribution in [0.15, 0.2) is 37.0 Å². The van der Waals surface area contributed by atoms with Crippen LogP contribution < -0.4 is 5.73 Å². The van der Waals surface area contributed by atoms with Crippen molar-refractivity contribution in [2.24, 2.45) is 59.0 Å². The van der Waals surface area contributed by atoms with E-state index in [4.69, 9.17) is 15.2 Å². The average Bonchev–Trinajstić information content (AvgIpc) is 3.14. The smallest absolute Gasteiger partial charge is 0.404 e. The van der Waals surface area contributed by atoms with Crippen molar-refractivity contribution >= 4 is 12.1 Å². The number of allylic oxidation sites excluding steroid dienone is 3. The third-order valence-electron chi connectivity index (χ3n) is 10.1. The minimum Gasteiger partial charge on any atom is -0.461 e. The van der Waals surface area contributed by atoms with Crippen molar-refractivity contribution < 1.29 is 39.5 Å². The molecule has 2 rings (SSSR count). The standard InChI is InChI=1S/C33H55NO8/c1-10-11-13-17(2)30(42-32(34)39)22(7)27(35)18(3)16-33(9,40)26-21(6)28(36)19(4)24(26)14-12-15-25-20(5)29(37)23(8)31(38)41-25/h10-14,17-30,35-37,40H,1,15-16H2,2-9H3,(H2,34,39)/b13-11-,14-12+/t17-,18+,19-,20-,21-,22-,23+,24-,25-,26-,27+,28-,29-,30-,33-/m0/s1. The number of esters is 1. The summed E-state index contributed by atoms with van der Waals surface area (Å²) >= 11 is 0. The zero-order chi connectivity index (χ0) is 32.1. The van der Waals surface area contributed by atoms with Gasteiger partial charge in [-0.25, -0.2) is 4.79 Å². The largest absolute Gasteiger partial charge is 0.461 e. The summed E-state index contributed by atoms with van der Waals surface area (Å²) in [4.78, 5) is 23.8. The topological polar surface area (TPSA) is 160 Å². The van der Waals surface area contributed by atoms with Gasteiger partial charge in [0, 0.05) is 24.2 Å². The van der Waals surface area contributed by atoms with E-state index in [1.165, 1.54) is 0 Å². The number of cyclic esters (lactones) is 1. The summed E-state index contributed by atoms with van der Waals surface area (Å²) in [6.45, 7) is 18.4. The van der Waals surface area contributed by atoms with Crippen molar-refractivity contribution in [2.75, 3.05) is 0 Å². The Hall–Kier alpha value is -2.20. The van der Waals surface area contributed by atoms with Crippen molar-refractivity contribution in [1.82, 2.24) is 0 Å². The molecule has 1 aliphatic heterocycles. The van der Waals surface area contributed by atoms with Gasteiger partial charge in [0.25, 0.3) is 0 Å². The highest BCUT2D eigenvalue weighted by Gasteiger charge is 2.52. The summed E-state index contributed by atoms with van der Waals surface area (Å²) in [6, 6.07) is 0. The summed E-state index contributed by atoms with van der Waals surface area (Å²) in [5.74, 6) is -3.09. The van der Waals surface area contributed by atoms with E-state index in [1.807, 2.05) is 52.8 Å². The maximum Gasteiger partial charge on any atom is 0.404 e. The molecule has 2 aliphatic rings. The van der Waals surface area contributed by atoms with Gasteiger partial charge in [-0.1, -0.05) is 78.5 Å². The fourth-order valence-electron chi connectivity index (χ4n) is 7.50. The molecule has 42 heavy (non-hydrogen) atoms. The number of hydrogen-bond acceptors (Lipinski definition) is 8. The molecule has 6 N–H and O–H groups in total. The number of rotatable bonds is 13. The number of ether oxygens (including phenoxy) is 2. The highest BCUT2D eigenvalue weighted by Crippen LogP contribution is 2.49. The van der Waals surface area contributed by atoms with E-state index >= 15 is 0 Å². The van der Waals surface area contributed by atoms with Gasteiger partial charge in [-0.3, -0.25) is 4.79 Å². The van der Waals surface area contributed by atoms with Crippen molar-refractivity contribution in [1.29, 1.82) is 0 Å². The lowest BCUT2D eigenvalue weighted by atomic mass is 9.70. The number of carbonyl (C=O) groups is 2. The van der Waals surface area contributed by atoms with Crippen LogP contribution in [0.1, 0.15) is 68.2 Å². The lowest BCUT2D eigenvalue weighted by molar-refractivity contribution is -0.176. The van der Waals surface area contributed by atoms with Gasteiger partial charge in [0.1, 0.15) is 12.2 Å². The van der Waals surface area contributed by atoms with Gasteiger partial charge in [-0.05, 0) is 49.9 Å². The molecule has 1 saturated carbocycles. The first-order valence-electron chi connectivity index (χ1n) is 15.3. The molecule has 0 aromatic carbocycles. The van der Waals surface area contributed by atoms with Crippen LogP contribution in [-0.4, -0.2) is 68.6 Å². The van der Waals surface area contributed by atoms with Crippen molar-refractivity contribution in [3.63, 3.8) is 0 Å². The second kappa shape index (κ2) is 15.0. The molecule has 1 heterocycles. The van der Waals surface area contributed by atoms with E-state index in [9.17, 15) is 30.0 Å². The summed E-state index contributed by atoms with van der Waals surface area (Å²) in [6.07, 6.45) is 5.44. The number of hydrogen-bond donors (Lipinski definition) is 5. The molecule has 0 bridgehead atoms. The maximum atomic E-state index is 12.2. The van der Waals surface area contributed by atoms with Crippen LogP contribution in [0.3, 0.4) is 0 Å². The molecule has 9 nitrogen and oxygen atoms in total. The Labute approximate surface area is 251 Å². The van der Waals surface area contributed by atoms with Gasteiger partial charge in [0.05, 0.1) is 29.8 Å². The Morgan fingerprint density at radius 3 is 2.31 bits per heavy atom. The molecule has 1 saturated heterocycles. The van der Waals surface area contributed by atoms with Crippen molar-refractivity contribution in [3.8, 4) is 0 Å². The lowest BCUT2D eigenvalue weighted by Crippen LogP contribution is -2.46.